The molecule has 132 valence electrons. The highest BCUT2D eigenvalue weighted by molar-refractivity contribution is 5.92. The molecule has 0 aliphatic heterocycles. The topological polar surface area (TPSA) is 73.9 Å². The van der Waals surface area contributed by atoms with Gasteiger partial charge in [0.15, 0.2) is 6.61 Å². The number of hydrogen-bond acceptors (Lipinski definition) is 5. The normalized spacial score (nSPS) is 10.0. The van der Waals surface area contributed by atoms with Gasteiger partial charge in [-0.25, -0.2) is 9.18 Å². The Balaban J connectivity index is 1.99. The zero-order valence-corrected chi connectivity index (χ0v) is 13.9. The van der Waals surface area contributed by atoms with Crippen LogP contribution in [0.3, 0.4) is 0 Å². The molecule has 0 aliphatic rings. The third-order valence-corrected chi connectivity index (χ3v) is 3.39. The molecule has 2 aromatic rings. The number of halogens is 1. The Morgan fingerprint density at radius 3 is 2.56 bits per heavy atom. The maximum Gasteiger partial charge on any atom is 0.341 e. The van der Waals surface area contributed by atoms with E-state index in [1.54, 1.807) is 24.3 Å². The van der Waals surface area contributed by atoms with E-state index < -0.39 is 17.7 Å². The third-order valence-electron chi connectivity index (χ3n) is 3.39. The lowest BCUT2D eigenvalue weighted by atomic mass is 10.2. The summed E-state index contributed by atoms with van der Waals surface area (Å²) >= 11 is 0. The molecule has 2 rings (SSSR count). The largest absolute Gasteiger partial charge is 0.497 e. The summed E-state index contributed by atoms with van der Waals surface area (Å²) in [6.07, 6.45) is 0. The van der Waals surface area contributed by atoms with E-state index in [4.69, 9.17) is 9.47 Å². The van der Waals surface area contributed by atoms with E-state index in [9.17, 15) is 14.0 Å². The minimum Gasteiger partial charge on any atom is -0.497 e. The van der Waals surface area contributed by atoms with Gasteiger partial charge in [0.1, 0.15) is 22.9 Å². The molecule has 0 radical (unpaired) electrons. The summed E-state index contributed by atoms with van der Waals surface area (Å²) < 4.78 is 28.7. The molecule has 6 nitrogen and oxygen atoms in total. The molecule has 1 amide bonds. The quantitative estimate of drug-likeness (QED) is 0.778. The number of carbonyl (C=O) groups excluding carboxylic acids is 2. The smallest absolute Gasteiger partial charge is 0.341 e. The summed E-state index contributed by atoms with van der Waals surface area (Å²) in [4.78, 5) is 23.6. The summed E-state index contributed by atoms with van der Waals surface area (Å²) in [6, 6.07) is 10.7. The van der Waals surface area contributed by atoms with E-state index >= 15 is 0 Å². The van der Waals surface area contributed by atoms with Crippen molar-refractivity contribution in [3.63, 3.8) is 0 Å². The molecule has 0 fully saturated rings. The van der Waals surface area contributed by atoms with Gasteiger partial charge in [0.05, 0.1) is 14.2 Å². The van der Waals surface area contributed by atoms with Gasteiger partial charge in [-0.3, -0.25) is 4.79 Å². The molecule has 0 saturated carbocycles. The van der Waals surface area contributed by atoms with Crippen molar-refractivity contribution in [3.8, 4) is 11.5 Å². The first-order valence-corrected chi connectivity index (χ1v) is 7.44. The summed E-state index contributed by atoms with van der Waals surface area (Å²) in [5, 5.41) is 2.55. The molecule has 25 heavy (non-hydrogen) atoms. The van der Waals surface area contributed by atoms with Crippen LogP contribution >= 0.6 is 0 Å². The van der Waals surface area contributed by atoms with Crippen molar-refractivity contribution in [2.45, 2.75) is 6.54 Å². The molecule has 7 heteroatoms. The van der Waals surface area contributed by atoms with Crippen LogP contribution in [-0.2, 0) is 16.1 Å². The van der Waals surface area contributed by atoms with Crippen LogP contribution in [0.15, 0.2) is 42.5 Å². The van der Waals surface area contributed by atoms with Gasteiger partial charge in [0, 0.05) is 18.2 Å². The number of amides is 1. The molecule has 0 bridgehead atoms. The van der Waals surface area contributed by atoms with Gasteiger partial charge in [-0.15, -0.1) is 0 Å². The van der Waals surface area contributed by atoms with E-state index in [2.05, 4.69) is 10.1 Å². The van der Waals surface area contributed by atoms with E-state index in [-0.39, 0.29) is 24.5 Å². The second-order valence-corrected chi connectivity index (χ2v) is 5.01. The maximum absolute atomic E-state index is 13.5. The van der Waals surface area contributed by atoms with E-state index in [0.717, 1.165) is 0 Å². The van der Waals surface area contributed by atoms with Gasteiger partial charge < -0.3 is 19.5 Å². The van der Waals surface area contributed by atoms with Crippen LogP contribution < -0.4 is 14.8 Å². The first-order valence-electron chi connectivity index (χ1n) is 7.44. The zero-order valence-electron chi connectivity index (χ0n) is 13.9. The molecule has 1 N–H and O–H groups in total. The molecule has 2 aromatic carbocycles. The molecule has 0 unspecified atom stereocenters. The number of benzene rings is 2. The molecule has 0 aliphatic carbocycles. The maximum atomic E-state index is 13.5. The highest BCUT2D eigenvalue weighted by atomic mass is 19.1. The van der Waals surface area contributed by atoms with Crippen molar-refractivity contribution in [1.29, 1.82) is 0 Å². The SMILES string of the molecule is COC(=O)c1ccc(OC)cc1OCC(=O)NCc1ccccc1F. The number of methoxy groups -OCH3 is 2. The summed E-state index contributed by atoms with van der Waals surface area (Å²) in [6.45, 7) is -0.303. The summed E-state index contributed by atoms with van der Waals surface area (Å²) in [7, 11) is 2.72. The molecular weight excluding hydrogens is 329 g/mol. The van der Waals surface area contributed by atoms with E-state index in [1.807, 2.05) is 0 Å². The number of hydrogen-bond donors (Lipinski definition) is 1. The number of rotatable bonds is 7. The third kappa shape index (κ3) is 4.94. The zero-order chi connectivity index (χ0) is 18.2. The average molecular weight is 347 g/mol. The monoisotopic (exact) mass is 347 g/mol. The van der Waals surface area contributed by atoms with Crippen molar-refractivity contribution in [2.75, 3.05) is 20.8 Å². The van der Waals surface area contributed by atoms with Gasteiger partial charge in [0.2, 0.25) is 0 Å². The van der Waals surface area contributed by atoms with Gasteiger partial charge in [-0.1, -0.05) is 18.2 Å². The number of nitrogens with one attached hydrogen (secondary N) is 1. The number of esters is 1. The fourth-order valence-corrected chi connectivity index (χ4v) is 2.06. The van der Waals surface area contributed by atoms with Crippen molar-refractivity contribution in [2.24, 2.45) is 0 Å². The number of carbonyl (C=O) groups is 2. The minimum absolute atomic E-state index is 0.0385. The second kappa shape index (κ2) is 8.68. The first kappa shape index (κ1) is 18.3. The molecule has 0 atom stereocenters. The van der Waals surface area contributed by atoms with Crippen LogP contribution in [0.5, 0.6) is 11.5 Å². The Morgan fingerprint density at radius 1 is 1.12 bits per heavy atom. The fourth-order valence-electron chi connectivity index (χ4n) is 2.06. The van der Waals surface area contributed by atoms with Crippen molar-refractivity contribution < 1.29 is 28.2 Å². The van der Waals surface area contributed by atoms with Crippen LogP contribution in [0.25, 0.3) is 0 Å². The molecule has 0 aromatic heterocycles. The van der Waals surface area contributed by atoms with E-state index in [0.29, 0.717) is 11.3 Å². The van der Waals surface area contributed by atoms with Crippen LogP contribution in [0.4, 0.5) is 4.39 Å². The lowest BCUT2D eigenvalue weighted by Crippen LogP contribution is -2.29. The van der Waals surface area contributed by atoms with Crippen molar-refractivity contribution in [1.82, 2.24) is 5.32 Å². The highest BCUT2D eigenvalue weighted by Gasteiger charge is 2.15. The molecule has 0 saturated heterocycles. The van der Waals surface area contributed by atoms with Gasteiger partial charge in [-0.2, -0.15) is 0 Å². The van der Waals surface area contributed by atoms with E-state index in [1.165, 1.54) is 32.4 Å². The predicted octanol–water partition coefficient (Wildman–Crippen LogP) is 2.32. The Bertz CT molecular complexity index is 763. The predicted molar refractivity (Wildman–Crippen MR) is 88.1 cm³/mol. The fraction of sp³-hybridized carbons (Fsp3) is 0.222. The summed E-state index contributed by atoms with van der Waals surface area (Å²) in [5.41, 5.74) is 0.540. The Morgan fingerprint density at radius 2 is 1.88 bits per heavy atom. The average Bonchev–Trinajstić information content (AvgIpc) is 2.64. The second-order valence-electron chi connectivity index (χ2n) is 5.01. The van der Waals surface area contributed by atoms with Gasteiger partial charge in [0.25, 0.3) is 5.91 Å². The van der Waals surface area contributed by atoms with Gasteiger partial charge >= 0.3 is 5.97 Å². The van der Waals surface area contributed by atoms with Crippen LogP contribution in [0.1, 0.15) is 15.9 Å². The van der Waals surface area contributed by atoms with Gasteiger partial charge in [-0.05, 0) is 18.2 Å². The lowest BCUT2D eigenvalue weighted by Gasteiger charge is -2.12. The molecule has 0 heterocycles. The lowest BCUT2D eigenvalue weighted by molar-refractivity contribution is -0.123. The molecule has 0 spiro atoms. The standard InChI is InChI=1S/C18H18FNO5/c1-23-13-7-8-14(18(22)24-2)16(9-13)25-11-17(21)20-10-12-5-3-4-6-15(12)19/h3-9H,10-11H2,1-2H3,(H,20,21). The summed E-state index contributed by atoms with van der Waals surface area (Å²) in [5.74, 6) is -0.822. The van der Waals surface area contributed by atoms with Crippen LogP contribution in [-0.4, -0.2) is 32.7 Å². The Labute approximate surface area is 144 Å². The minimum atomic E-state index is -0.593. The highest BCUT2D eigenvalue weighted by Crippen LogP contribution is 2.25. The van der Waals surface area contributed by atoms with Crippen LogP contribution in [0.2, 0.25) is 0 Å². The molecular formula is C18H18FNO5. The Kier molecular flexibility index (Phi) is 6.33. The number of ether oxygens (including phenoxy) is 3. The Hall–Kier alpha value is -3.09. The first-order chi connectivity index (χ1) is 12.0. The van der Waals surface area contributed by atoms with Crippen molar-refractivity contribution in [3.05, 3.63) is 59.4 Å². The van der Waals surface area contributed by atoms with Crippen LogP contribution in [0, 0.1) is 5.82 Å². The van der Waals surface area contributed by atoms with Crippen molar-refractivity contribution >= 4 is 11.9 Å².